The molecule has 0 spiro atoms. The molecule has 0 fully saturated rings. The molecule has 0 radical (unpaired) electrons. The van der Waals surface area contributed by atoms with Crippen molar-refractivity contribution in [1.29, 1.82) is 0 Å². The van der Waals surface area contributed by atoms with Crippen LogP contribution in [0.5, 0.6) is 0 Å². The lowest BCUT2D eigenvalue weighted by Gasteiger charge is -2.05. The van der Waals surface area contributed by atoms with E-state index >= 15 is 0 Å². The summed E-state index contributed by atoms with van der Waals surface area (Å²) in [5, 5.41) is 3.90. The van der Waals surface area contributed by atoms with Gasteiger partial charge in [-0.25, -0.2) is 4.98 Å². The van der Waals surface area contributed by atoms with E-state index in [1.165, 1.54) is 40.8 Å². The first-order chi connectivity index (χ1) is 8.72. The first-order valence-electron chi connectivity index (χ1n) is 5.75. The van der Waals surface area contributed by atoms with E-state index in [1.807, 2.05) is 11.3 Å². The van der Waals surface area contributed by atoms with Gasteiger partial charge in [-0.05, 0) is 42.5 Å². The number of aryl methyl sites for hydroxylation is 2. The predicted molar refractivity (Wildman–Crippen MR) is 75.7 cm³/mol. The Morgan fingerprint density at radius 1 is 1.33 bits per heavy atom. The zero-order chi connectivity index (χ0) is 12.5. The number of fused-ring (bicyclic) bond motifs is 1. The van der Waals surface area contributed by atoms with Gasteiger partial charge in [0.1, 0.15) is 10.8 Å². The number of nitrogens with one attached hydrogen (secondary N) is 1. The minimum Gasteiger partial charge on any atom is -0.364 e. The van der Waals surface area contributed by atoms with Crippen molar-refractivity contribution in [3.05, 3.63) is 37.9 Å². The molecule has 1 aliphatic carbocycles. The molecule has 0 saturated heterocycles. The van der Waals surface area contributed by atoms with Crippen LogP contribution in [0, 0.1) is 0 Å². The van der Waals surface area contributed by atoms with E-state index in [-0.39, 0.29) is 5.28 Å². The van der Waals surface area contributed by atoms with Crippen molar-refractivity contribution in [2.45, 2.75) is 25.8 Å². The summed E-state index contributed by atoms with van der Waals surface area (Å²) in [6.45, 7) is 0.727. The lowest BCUT2D eigenvalue weighted by atomic mass is 10.2. The van der Waals surface area contributed by atoms with Crippen LogP contribution < -0.4 is 5.32 Å². The van der Waals surface area contributed by atoms with Crippen LogP contribution in [0.25, 0.3) is 0 Å². The van der Waals surface area contributed by atoms with E-state index in [0.717, 1.165) is 6.54 Å². The molecule has 0 saturated carbocycles. The van der Waals surface area contributed by atoms with Gasteiger partial charge in [0, 0.05) is 9.75 Å². The van der Waals surface area contributed by atoms with Crippen molar-refractivity contribution >= 4 is 40.4 Å². The molecule has 3 nitrogen and oxygen atoms in total. The number of thiophene rings is 1. The van der Waals surface area contributed by atoms with Gasteiger partial charge in [-0.2, -0.15) is 4.98 Å². The quantitative estimate of drug-likeness (QED) is 0.872. The molecular weight excluding hydrogens is 289 g/mol. The van der Waals surface area contributed by atoms with Crippen LogP contribution >= 0.6 is 34.5 Å². The van der Waals surface area contributed by atoms with E-state index in [2.05, 4.69) is 21.4 Å². The second-order valence-corrected chi connectivity index (χ2v) is 6.17. The van der Waals surface area contributed by atoms with E-state index in [1.54, 1.807) is 0 Å². The summed E-state index contributed by atoms with van der Waals surface area (Å²) in [5.74, 6) is 0.588. The van der Waals surface area contributed by atoms with Gasteiger partial charge in [0.05, 0.1) is 12.7 Å². The Kier molecular flexibility index (Phi) is 3.41. The molecule has 0 atom stereocenters. The minimum absolute atomic E-state index is 0.204. The lowest BCUT2D eigenvalue weighted by Crippen LogP contribution is -2.01. The number of nitrogens with zero attached hydrogens (tertiary/aromatic N) is 2. The molecule has 1 aliphatic rings. The second-order valence-electron chi connectivity index (χ2n) is 4.20. The van der Waals surface area contributed by atoms with Crippen molar-refractivity contribution in [3.63, 3.8) is 0 Å². The van der Waals surface area contributed by atoms with Crippen LogP contribution in [0.1, 0.15) is 21.7 Å². The van der Waals surface area contributed by atoms with Crippen LogP contribution in [0.4, 0.5) is 5.82 Å². The maximum absolute atomic E-state index is 5.99. The highest BCUT2D eigenvalue weighted by Crippen LogP contribution is 2.31. The van der Waals surface area contributed by atoms with E-state index in [9.17, 15) is 0 Å². The van der Waals surface area contributed by atoms with Crippen molar-refractivity contribution in [3.8, 4) is 0 Å². The highest BCUT2D eigenvalue weighted by Gasteiger charge is 2.14. The van der Waals surface area contributed by atoms with Gasteiger partial charge in [-0.1, -0.05) is 11.6 Å². The highest BCUT2D eigenvalue weighted by molar-refractivity contribution is 7.12. The second kappa shape index (κ2) is 5.03. The third-order valence-electron chi connectivity index (χ3n) is 2.94. The Labute approximate surface area is 119 Å². The first-order valence-corrected chi connectivity index (χ1v) is 7.32. The smallest absolute Gasteiger partial charge is 0.224 e. The molecule has 0 unspecified atom stereocenters. The molecule has 94 valence electrons. The Balaban J connectivity index is 1.71. The van der Waals surface area contributed by atoms with E-state index in [0.29, 0.717) is 10.8 Å². The number of rotatable bonds is 3. The summed E-state index contributed by atoms with van der Waals surface area (Å²) in [7, 11) is 0. The third-order valence-corrected chi connectivity index (χ3v) is 4.64. The molecule has 18 heavy (non-hydrogen) atoms. The fourth-order valence-electron chi connectivity index (χ4n) is 2.12. The van der Waals surface area contributed by atoms with Gasteiger partial charge in [0.2, 0.25) is 5.28 Å². The molecule has 2 heterocycles. The van der Waals surface area contributed by atoms with Crippen molar-refractivity contribution in [2.75, 3.05) is 5.32 Å². The molecule has 6 heteroatoms. The molecule has 0 amide bonds. The largest absolute Gasteiger partial charge is 0.364 e. The molecule has 0 aromatic carbocycles. The molecule has 2 aromatic rings. The highest BCUT2D eigenvalue weighted by atomic mass is 35.5. The number of anilines is 1. The summed E-state index contributed by atoms with van der Waals surface area (Å²) in [4.78, 5) is 10.7. The zero-order valence-corrected chi connectivity index (χ0v) is 11.9. The molecule has 0 aliphatic heterocycles. The van der Waals surface area contributed by atoms with Gasteiger partial charge in [0.25, 0.3) is 0 Å². The van der Waals surface area contributed by atoms with Crippen LogP contribution in [0.15, 0.2) is 12.3 Å². The Bertz CT molecular complexity index is 561. The number of hydrogen-bond donors (Lipinski definition) is 1. The summed E-state index contributed by atoms with van der Waals surface area (Å²) in [6, 6.07) is 2.27. The summed E-state index contributed by atoms with van der Waals surface area (Å²) in [5.41, 5.74) is 1.50. The average molecular weight is 300 g/mol. The fourth-order valence-corrected chi connectivity index (χ4v) is 3.61. The lowest BCUT2D eigenvalue weighted by molar-refractivity contribution is 0.913. The van der Waals surface area contributed by atoms with E-state index in [4.69, 9.17) is 23.2 Å². The zero-order valence-electron chi connectivity index (χ0n) is 9.54. The first kappa shape index (κ1) is 12.2. The van der Waals surface area contributed by atoms with Crippen LogP contribution in [-0.4, -0.2) is 9.97 Å². The molecule has 1 N–H and O–H groups in total. The summed E-state index contributed by atoms with van der Waals surface area (Å²) in [6.07, 6.45) is 5.24. The predicted octanol–water partition coefficient (Wildman–Crippen LogP) is 3.95. The third kappa shape index (κ3) is 2.46. The number of aromatic nitrogens is 2. The SMILES string of the molecule is Clc1ncc(Cl)c(NCc2cc3c(s2)CCC3)n1. The Hall–Kier alpha value is -0.840. The minimum atomic E-state index is 0.204. The van der Waals surface area contributed by atoms with Crippen LogP contribution in [-0.2, 0) is 19.4 Å². The standard InChI is InChI=1S/C12H11Cl2N3S/c13-9-6-16-12(14)17-11(9)15-5-8-4-7-2-1-3-10(7)18-8/h4,6H,1-3,5H2,(H,15,16,17). The fraction of sp³-hybridized carbons (Fsp3) is 0.333. The summed E-state index contributed by atoms with van der Waals surface area (Å²) >= 11 is 13.6. The van der Waals surface area contributed by atoms with Gasteiger partial charge in [-0.3, -0.25) is 0 Å². The topological polar surface area (TPSA) is 37.8 Å². The van der Waals surface area contributed by atoms with Crippen molar-refractivity contribution in [1.82, 2.24) is 9.97 Å². The van der Waals surface area contributed by atoms with Gasteiger partial charge >= 0.3 is 0 Å². The molecule has 2 aromatic heterocycles. The summed E-state index contributed by atoms with van der Waals surface area (Å²) < 4.78 is 0. The maximum Gasteiger partial charge on any atom is 0.224 e. The Morgan fingerprint density at radius 3 is 3.06 bits per heavy atom. The average Bonchev–Trinajstić information content (AvgIpc) is 2.90. The van der Waals surface area contributed by atoms with E-state index < -0.39 is 0 Å². The van der Waals surface area contributed by atoms with Gasteiger partial charge in [-0.15, -0.1) is 11.3 Å². The molecule has 3 rings (SSSR count). The van der Waals surface area contributed by atoms with Crippen LogP contribution in [0.3, 0.4) is 0 Å². The molecule has 0 bridgehead atoms. The number of halogens is 2. The molecular formula is C12H11Cl2N3S. The van der Waals surface area contributed by atoms with Crippen molar-refractivity contribution < 1.29 is 0 Å². The van der Waals surface area contributed by atoms with Crippen LogP contribution in [0.2, 0.25) is 10.3 Å². The normalized spacial score (nSPS) is 13.7. The monoisotopic (exact) mass is 299 g/mol. The van der Waals surface area contributed by atoms with Gasteiger partial charge < -0.3 is 5.32 Å². The van der Waals surface area contributed by atoms with Gasteiger partial charge in [0.15, 0.2) is 0 Å². The number of hydrogen-bond acceptors (Lipinski definition) is 4. The van der Waals surface area contributed by atoms with Crippen molar-refractivity contribution in [2.24, 2.45) is 0 Å². The maximum atomic E-state index is 5.99. The Morgan fingerprint density at radius 2 is 2.22 bits per heavy atom.